The zero-order chi connectivity index (χ0) is 15.9. The number of ketones is 1. The third-order valence-electron chi connectivity index (χ3n) is 3.25. The molecule has 2 aromatic carbocycles. The topological polar surface area (TPSA) is 29.5 Å². The zero-order valence-electron chi connectivity index (χ0n) is 13.2. The molecular weight excluding hydrogens is 274 g/mol. The van der Waals surface area contributed by atoms with Crippen LogP contribution in [-0.4, -0.2) is 31.9 Å². The highest BCUT2D eigenvalue weighted by atomic mass is 16.5. The van der Waals surface area contributed by atoms with Crippen LogP contribution in [0.2, 0.25) is 0 Å². The second-order valence-corrected chi connectivity index (χ2v) is 5.41. The van der Waals surface area contributed by atoms with E-state index in [9.17, 15) is 4.79 Å². The zero-order valence-corrected chi connectivity index (χ0v) is 13.2. The minimum Gasteiger partial charge on any atom is -0.497 e. The molecule has 0 saturated carbocycles. The molecule has 3 heteroatoms. The second kappa shape index (κ2) is 7.57. The Hall–Kier alpha value is -2.39. The summed E-state index contributed by atoms with van der Waals surface area (Å²) in [5, 5.41) is 0. The number of hydrogen-bond acceptors (Lipinski definition) is 3. The quantitative estimate of drug-likeness (QED) is 0.602. The molecule has 22 heavy (non-hydrogen) atoms. The third-order valence-corrected chi connectivity index (χ3v) is 3.25. The minimum atomic E-state index is 0.0106. The Kier molecular flexibility index (Phi) is 5.50. The van der Waals surface area contributed by atoms with E-state index in [0.717, 1.165) is 23.4 Å². The van der Waals surface area contributed by atoms with Gasteiger partial charge < -0.3 is 9.64 Å². The smallest absolute Gasteiger partial charge is 0.185 e. The third kappa shape index (κ3) is 4.57. The van der Waals surface area contributed by atoms with E-state index in [0.29, 0.717) is 5.56 Å². The van der Waals surface area contributed by atoms with E-state index in [1.54, 1.807) is 13.2 Å². The van der Waals surface area contributed by atoms with Gasteiger partial charge in [0.15, 0.2) is 5.78 Å². The first-order valence-corrected chi connectivity index (χ1v) is 7.18. The Labute approximate surface area is 131 Å². The monoisotopic (exact) mass is 295 g/mol. The second-order valence-electron chi connectivity index (χ2n) is 5.41. The van der Waals surface area contributed by atoms with Crippen molar-refractivity contribution >= 4 is 11.9 Å². The molecule has 0 aliphatic heterocycles. The SMILES string of the molecule is COc1ccc(/C=C/C(=O)c2cccc(CN(C)C)c2)cc1. The summed E-state index contributed by atoms with van der Waals surface area (Å²) in [6.45, 7) is 0.823. The number of methoxy groups -OCH3 is 1. The van der Waals surface area contributed by atoms with Crippen LogP contribution in [0, 0.1) is 0 Å². The molecule has 0 aromatic heterocycles. The lowest BCUT2D eigenvalue weighted by atomic mass is 10.1. The van der Waals surface area contributed by atoms with Crippen molar-refractivity contribution < 1.29 is 9.53 Å². The first-order chi connectivity index (χ1) is 10.6. The van der Waals surface area contributed by atoms with Crippen molar-refractivity contribution in [3.8, 4) is 5.75 Å². The van der Waals surface area contributed by atoms with Gasteiger partial charge in [-0.2, -0.15) is 0 Å². The number of ether oxygens (including phenoxy) is 1. The largest absolute Gasteiger partial charge is 0.497 e. The van der Waals surface area contributed by atoms with Gasteiger partial charge in [0.2, 0.25) is 0 Å². The van der Waals surface area contributed by atoms with Gasteiger partial charge in [-0.15, -0.1) is 0 Å². The molecule has 3 nitrogen and oxygen atoms in total. The number of carbonyl (C=O) groups excluding carboxylic acids is 1. The molecule has 114 valence electrons. The number of hydrogen-bond donors (Lipinski definition) is 0. The minimum absolute atomic E-state index is 0.0106. The van der Waals surface area contributed by atoms with Crippen molar-refractivity contribution in [3.63, 3.8) is 0 Å². The number of nitrogens with zero attached hydrogens (tertiary/aromatic N) is 1. The van der Waals surface area contributed by atoms with Crippen LogP contribution in [0.5, 0.6) is 5.75 Å². The summed E-state index contributed by atoms with van der Waals surface area (Å²) in [7, 11) is 5.66. The van der Waals surface area contributed by atoms with Gasteiger partial charge in [0.05, 0.1) is 7.11 Å². The van der Waals surface area contributed by atoms with Gasteiger partial charge >= 0.3 is 0 Å². The predicted molar refractivity (Wildman–Crippen MR) is 90.2 cm³/mol. The lowest BCUT2D eigenvalue weighted by Gasteiger charge is -2.09. The van der Waals surface area contributed by atoms with Gasteiger partial charge in [-0.25, -0.2) is 0 Å². The highest BCUT2D eigenvalue weighted by Crippen LogP contribution is 2.13. The molecule has 0 N–H and O–H groups in total. The Morgan fingerprint density at radius 3 is 2.50 bits per heavy atom. The lowest BCUT2D eigenvalue weighted by molar-refractivity contribution is 0.104. The van der Waals surface area contributed by atoms with Gasteiger partial charge in [0.25, 0.3) is 0 Å². The van der Waals surface area contributed by atoms with Crippen LogP contribution in [0.3, 0.4) is 0 Å². The Balaban J connectivity index is 2.09. The summed E-state index contributed by atoms with van der Waals surface area (Å²) >= 11 is 0. The highest BCUT2D eigenvalue weighted by molar-refractivity contribution is 6.06. The van der Waals surface area contributed by atoms with Crippen molar-refractivity contribution in [1.82, 2.24) is 4.90 Å². The van der Waals surface area contributed by atoms with E-state index in [1.165, 1.54) is 0 Å². The molecular formula is C19H21NO2. The molecule has 0 aliphatic rings. The molecule has 0 amide bonds. The van der Waals surface area contributed by atoms with Crippen LogP contribution in [0.15, 0.2) is 54.6 Å². The summed E-state index contributed by atoms with van der Waals surface area (Å²) in [4.78, 5) is 14.3. The van der Waals surface area contributed by atoms with Crippen molar-refractivity contribution in [1.29, 1.82) is 0 Å². The van der Waals surface area contributed by atoms with E-state index in [2.05, 4.69) is 4.90 Å². The molecule has 0 unspecified atom stereocenters. The fourth-order valence-electron chi connectivity index (χ4n) is 2.17. The number of allylic oxidation sites excluding steroid dienone is 1. The average molecular weight is 295 g/mol. The van der Waals surface area contributed by atoms with Crippen molar-refractivity contribution in [2.24, 2.45) is 0 Å². The van der Waals surface area contributed by atoms with Gasteiger partial charge in [-0.05, 0) is 49.5 Å². The molecule has 2 rings (SSSR count). The standard InChI is InChI=1S/C19H21NO2/c1-20(2)14-16-5-4-6-17(13-16)19(21)12-9-15-7-10-18(22-3)11-8-15/h4-13H,14H2,1-3H3/b12-9+. The molecule has 0 radical (unpaired) electrons. The van der Waals surface area contributed by atoms with E-state index >= 15 is 0 Å². The van der Waals surface area contributed by atoms with Crippen molar-refractivity contribution in [3.05, 3.63) is 71.3 Å². The first kappa shape index (κ1) is 16.0. The van der Waals surface area contributed by atoms with E-state index in [4.69, 9.17) is 4.74 Å². The maximum absolute atomic E-state index is 12.3. The van der Waals surface area contributed by atoms with E-state index in [-0.39, 0.29) is 5.78 Å². The lowest BCUT2D eigenvalue weighted by Crippen LogP contribution is -2.11. The van der Waals surface area contributed by atoms with Gasteiger partial charge in [0, 0.05) is 12.1 Å². The number of carbonyl (C=O) groups is 1. The average Bonchev–Trinajstić information content (AvgIpc) is 2.52. The fourth-order valence-corrected chi connectivity index (χ4v) is 2.17. The molecule has 0 aliphatic carbocycles. The summed E-state index contributed by atoms with van der Waals surface area (Å²) in [5.41, 5.74) is 2.82. The summed E-state index contributed by atoms with van der Waals surface area (Å²) in [6.07, 6.45) is 3.43. The molecule has 0 bridgehead atoms. The predicted octanol–water partition coefficient (Wildman–Crippen LogP) is 3.65. The molecule has 0 spiro atoms. The normalized spacial score (nSPS) is 11.1. The molecule has 0 fully saturated rings. The van der Waals surface area contributed by atoms with Crippen LogP contribution in [0.1, 0.15) is 21.5 Å². The van der Waals surface area contributed by atoms with Crippen LogP contribution in [0.4, 0.5) is 0 Å². The van der Waals surface area contributed by atoms with Gasteiger partial charge in [0.1, 0.15) is 5.75 Å². The van der Waals surface area contributed by atoms with Crippen LogP contribution >= 0.6 is 0 Å². The van der Waals surface area contributed by atoms with Crippen LogP contribution in [0.25, 0.3) is 6.08 Å². The Morgan fingerprint density at radius 2 is 1.86 bits per heavy atom. The first-order valence-electron chi connectivity index (χ1n) is 7.18. The van der Waals surface area contributed by atoms with E-state index in [1.807, 2.05) is 68.7 Å². The summed E-state index contributed by atoms with van der Waals surface area (Å²) in [5.74, 6) is 0.816. The van der Waals surface area contributed by atoms with Crippen molar-refractivity contribution in [2.75, 3.05) is 21.2 Å². The van der Waals surface area contributed by atoms with Crippen LogP contribution < -0.4 is 4.74 Å². The van der Waals surface area contributed by atoms with Crippen LogP contribution in [-0.2, 0) is 6.54 Å². The fraction of sp³-hybridized carbons (Fsp3) is 0.211. The Morgan fingerprint density at radius 1 is 1.14 bits per heavy atom. The van der Waals surface area contributed by atoms with Gasteiger partial charge in [-0.1, -0.05) is 36.4 Å². The Bertz CT molecular complexity index is 657. The molecule has 0 heterocycles. The molecule has 2 aromatic rings. The van der Waals surface area contributed by atoms with Crippen molar-refractivity contribution in [2.45, 2.75) is 6.54 Å². The maximum Gasteiger partial charge on any atom is 0.185 e. The maximum atomic E-state index is 12.3. The summed E-state index contributed by atoms with van der Waals surface area (Å²) < 4.78 is 5.11. The summed E-state index contributed by atoms with van der Waals surface area (Å²) in [6, 6.07) is 15.3. The molecule has 0 atom stereocenters. The number of rotatable bonds is 6. The highest BCUT2D eigenvalue weighted by Gasteiger charge is 2.03. The van der Waals surface area contributed by atoms with Gasteiger partial charge in [-0.3, -0.25) is 4.79 Å². The molecule has 0 saturated heterocycles. The number of benzene rings is 2. The van der Waals surface area contributed by atoms with E-state index < -0.39 is 0 Å².